The molecule has 1 saturated heterocycles. The molecule has 148 valence electrons. The maximum Gasteiger partial charge on any atom is 0.458 e. The molecule has 3 rings (SSSR count). The van der Waals surface area contributed by atoms with Crippen molar-refractivity contribution in [3.05, 3.63) is 33.8 Å². The van der Waals surface area contributed by atoms with E-state index in [2.05, 4.69) is 77.4 Å². The minimum Gasteiger partial charge on any atom is -0.403 e. The standard InChI is InChI=1S/C21H31BBrNO3/c1-18(2,3)24-13-21(8,12-22-26-19(4,5)20(6,7)27-22)16-11-14(23)9-10-15(16)17(24)25/h9-11H,12-13H2,1-8H3/t21-/m0/s1. The zero-order valence-electron chi connectivity index (χ0n) is 17.8. The number of hydrogen-bond acceptors (Lipinski definition) is 3. The van der Waals surface area contributed by atoms with Gasteiger partial charge >= 0.3 is 7.12 Å². The molecule has 2 heterocycles. The molecule has 1 aromatic rings. The minimum atomic E-state index is -0.359. The van der Waals surface area contributed by atoms with Crippen molar-refractivity contribution in [3.8, 4) is 0 Å². The second-order valence-electron chi connectivity index (χ2n) is 10.2. The Morgan fingerprint density at radius 1 is 1.11 bits per heavy atom. The van der Waals surface area contributed by atoms with Crippen LogP contribution in [0.1, 0.15) is 71.3 Å². The summed E-state index contributed by atoms with van der Waals surface area (Å²) in [5.74, 6) is 0.0939. The predicted molar refractivity (Wildman–Crippen MR) is 113 cm³/mol. The molecular formula is C21H31BBrNO3. The number of amides is 1. The molecule has 4 nitrogen and oxygen atoms in total. The number of fused-ring (bicyclic) bond motifs is 1. The molecule has 0 unspecified atom stereocenters. The summed E-state index contributed by atoms with van der Waals surface area (Å²) in [4.78, 5) is 15.1. The molecule has 0 aliphatic carbocycles. The maximum atomic E-state index is 13.2. The SMILES string of the molecule is CC(C)(C)N1C[C@](C)(CB2OC(C)(C)C(C)(C)O2)c2cc(Br)ccc2C1=O. The van der Waals surface area contributed by atoms with E-state index in [1.54, 1.807) is 0 Å². The second-order valence-corrected chi connectivity index (χ2v) is 11.1. The zero-order valence-corrected chi connectivity index (χ0v) is 19.4. The van der Waals surface area contributed by atoms with Crippen LogP contribution in [-0.4, -0.2) is 41.2 Å². The van der Waals surface area contributed by atoms with Gasteiger partial charge in [0, 0.05) is 27.5 Å². The van der Waals surface area contributed by atoms with Crippen LogP contribution in [0.5, 0.6) is 0 Å². The quantitative estimate of drug-likeness (QED) is 0.609. The van der Waals surface area contributed by atoms with E-state index < -0.39 is 0 Å². The number of benzene rings is 1. The van der Waals surface area contributed by atoms with Crippen LogP contribution in [0, 0.1) is 0 Å². The second kappa shape index (κ2) is 6.33. The molecule has 0 radical (unpaired) electrons. The highest BCUT2D eigenvalue weighted by molar-refractivity contribution is 9.10. The highest BCUT2D eigenvalue weighted by Crippen LogP contribution is 2.45. The van der Waals surface area contributed by atoms with Crippen LogP contribution in [-0.2, 0) is 14.7 Å². The number of rotatable bonds is 2. The lowest BCUT2D eigenvalue weighted by molar-refractivity contribution is 0.00578. The Hall–Kier alpha value is -0.845. The molecule has 2 aliphatic heterocycles. The Bertz CT molecular complexity index is 755. The van der Waals surface area contributed by atoms with E-state index in [-0.39, 0.29) is 35.2 Å². The molecule has 6 heteroatoms. The molecule has 1 atom stereocenters. The van der Waals surface area contributed by atoms with Gasteiger partial charge in [0.2, 0.25) is 0 Å². The van der Waals surface area contributed by atoms with Crippen LogP contribution in [0.2, 0.25) is 6.32 Å². The molecule has 0 bridgehead atoms. The Kier molecular flexibility index (Phi) is 4.89. The third-order valence-electron chi connectivity index (χ3n) is 6.34. The molecule has 27 heavy (non-hydrogen) atoms. The van der Waals surface area contributed by atoms with E-state index in [4.69, 9.17) is 9.31 Å². The van der Waals surface area contributed by atoms with Crippen molar-refractivity contribution < 1.29 is 14.1 Å². The zero-order chi connectivity index (χ0) is 20.4. The van der Waals surface area contributed by atoms with Gasteiger partial charge in [0.15, 0.2) is 0 Å². The summed E-state index contributed by atoms with van der Waals surface area (Å²) < 4.78 is 13.6. The number of carbonyl (C=O) groups is 1. The van der Waals surface area contributed by atoms with Crippen molar-refractivity contribution >= 4 is 29.0 Å². The molecular weight excluding hydrogens is 405 g/mol. The molecule has 0 saturated carbocycles. The van der Waals surface area contributed by atoms with Gasteiger partial charge in [-0.25, -0.2) is 0 Å². The fourth-order valence-electron chi connectivity index (χ4n) is 3.99. The molecule has 0 spiro atoms. The Balaban J connectivity index is 2.01. The van der Waals surface area contributed by atoms with Crippen molar-refractivity contribution in [2.45, 2.75) is 83.9 Å². The van der Waals surface area contributed by atoms with E-state index in [1.165, 1.54) is 0 Å². The fourth-order valence-corrected chi connectivity index (χ4v) is 4.35. The van der Waals surface area contributed by atoms with E-state index in [0.717, 1.165) is 15.6 Å². The van der Waals surface area contributed by atoms with Gasteiger partial charge in [-0.2, -0.15) is 0 Å². The smallest absolute Gasteiger partial charge is 0.403 e. The van der Waals surface area contributed by atoms with Crippen LogP contribution < -0.4 is 0 Å². The molecule has 2 aliphatic rings. The van der Waals surface area contributed by atoms with Crippen molar-refractivity contribution in [1.29, 1.82) is 0 Å². The Morgan fingerprint density at radius 3 is 2.19 bits per heavy atom. The van der Waals surface area contributed by atoms with Gasteiger partial charge in [-0.1, -0.05) is 22.9 Å². The summed E-state index contributed by atoms with van der Waals surface area (Å²) in [5.41, 5.74) is 0.612. The molecule has 1 fully saturated rings. The summed E-state index contributed by atoms with van der Waals surface area (Å²) >= 11 is 3.58. The van der Waals surface area contributed by atoms with Crippen molar-refractivity contribution in [2.75, 3.05) is 6.54 Å². The molecule has 1 amide bonds. The first-order valence-electron chi connectivity index (χ1n) is 9.64. The van der Waals surface area contributed by atoms with E-state index in [0.29, 0.717) is 12.9 Å². The van der Waals surface area contributed by atoms with Gasteiger partial charge in [0.25, 0.3) is 5.91 Å². The predicted octanol–water partition coefficient (Wildman–Crippen LogP) is 5.05. The summed E-state index contributed by atoms with van der Waals surface area (Å²) in [6.07, 6.45) is 0.698. The van der Waals surface area contributed by atoms with Crippen molar-refractivity contribution in [3.63, 3.8) is 0 Å². The number of carbonyl (C=O) groups excluding carboxylic acids is 1. The normalized spacial score (nSPS) is 27.1. The number of hydrogen-bond donors (Lipinski definition) is 0. The van der Waals surface area contributed by atoms with Gasteiger partial charge < -0.3 is 14.2 Å². The lowest BCUT2D eigenvalue weighted by atomic mass is 9.62. The lowest BCUT2D eigenvalue weighted by Crippen LogP contribution is -2.56. The Morgan fingerprint density at radius 2 is 1.67 bits per heavy atom. The highest BCUT2D eigenvalue weighted by Gasteiger charge is 2.54. The van der Waals surface area contributed by atoms with Gasteiger partial charge in [0.05, 0.1) is 11.2 Å². The number of nitrogens with zero attached hydrogens (tertiary/aromatic N) is 1. The third-order valence-corrected chi connectivity index (χ3v) is 6.84. The molecule has 0 N–H and O–H groups in total. The van der Waals surface area contributed by atoms with Crippen LogP contribution >= 0.6 is 15.9 Å². The van der Waals surface area contributed by atoms with Gasteiger partial charge in [-0.15, -0.1) is 0 Å². The first-order valence-corrected chi connectivity index (χ1v) is 10.4. The van der Waals surface area contributed by atoms with Gasteiger partial charge in [-0.05, 0) is 78.5 Å². The highest BCUT2D eigenvalue weighted by atomic mass is 79.9. The van der Waals surface area contributed by atoms with Gasteiger partial charge in [-0.3, -0.25) is 4.79 Å². The van der Waals surface area contributed by atoms with E-state index >= 15 is 0 Å². The molecule has 0 aromatic heterocycles. The van der Waals surface area contributed by atoms with Crippen LogP contribution in [0.4, 0.5) is 0 Å². The summed E-state index contributed by atoms with van der Waals surface area (Å²) in [7, 11) is -0.304. The van der Waals surface area contributed by atoms with Gasteiger partial charge in [0.1, 0.15) is 0 Å². The average Bonchev–Trinajstić information content (AvgIpc) is 2.69. The van der Waals surface area contributed by atoms with Crippen LogP contribution in [0.25, 0.3) is 0 Å². The monoisotopic (exact) mass is 435 g/mol. The fraction of sp³-hybridized carbons (Fsp3) is 0.667. The number of halogens is 1. The van der Waals surface area contributed by atoms with E-state index in [1.807, 2.05) is 17.0 Å². The average molecular weight is 436 g/mol. The van der Waals surface area contributed by atoms with Crippen LogP contribution in [0.15, 0.2) is 22.7 Å². The van der Waals surface area contributed by atoms with E-state index in [9.17, 15) is 4.79 Å². The summed E-state index contributed by atoms with van der Waals surface area (Å²) in [5, 5.41) is 0. The van der Waals surface area contributed by atoms with Crippen molar-refractivity contribution in [1.82, 2.24) is 4.90 Å². The largest absolute Gasteiger partial charge is 0.458 e. The molecule has 1 aromatic carbocycles. The van der Waals surface area contributed by atoms with Crippen molar-refractivity contribution in [2.24, 2.45) is 0 Å². The third kappa shape index (κ3) is 3.61. The first kappa shape index (κ1) is 20.9. The minimum absolute atomic E-state index is 0.0939. The first-order chi connectivity index (χ1) is 12.2. The van der Waals surface area contributed by atoms with Crippen LogP contribution in [0.3, 0.4) is 0 Å². The lowest BCUT2D eigenvalue weighted by Gasteiger charge is -2.47. The summed E-state index contributed by atoms with van der Waals surface area (Å²) in [6, 6.07) is 5.96. The maximum absolute atomic E-state index is 13.2. The summed E-state index contributed by atoms with van der Waals surface area (Å²) in [6.45, 7) is 17.4. The Labute approximate surface area is 172 Å². The topological polar surface area (TPSA) is 38.8 Å².